The van der Waals surface area contributed by atoms with Crippen LogP contribution in [0.3, 0.4) is 0 Å². The molecule has 0 aliphatic rings. The van der Waals surface area contributed by atoms with Crippen LogP contribution in [-0.4, -0.2) is 24.7 Å². The molecule has 124 valence electrons. The van der Waals surface area contributed by atoms with Crippen LogP contribution in [0.25, 0.3) is 0 Å². The van der Waals surface area contributed by atoms with E-state index in [2.05, 4.69) is 46.8 Å². The molecule has 0 aliphatic heterocycles. The first-order valence-electron chi connectivity index (χ1n) is 7.97. The molecule has 1 heterocycles. The Kier molecular flexibility index (Phi) is 5.79. The third-order valence-electron chi connectivity index (χ3n) is 4.03. The van der Waals surface area contributed by atoms with Gasteiger partial charge in [-0.05, 0) is 26.3 Å². The maximum Gasteiger partial charge on any atom is 0.191 e. The first kappa shape index (κ1) is 17.1. The minimum atomic E-state index is 0.191. The maximum absolute atomic E-state index is 5.25. The molecule has 0 aliphatic carbocycles. The first-order chi connectivity index (χ1) is 11.0. The third kappa shape index (κ3) is 4.34. The zero-order chi connectivity index (χ0) is 16.8. The summed E-state index contributed by atoms with van der Waals surface area (Å²) in [6, 6.07) is 10.5. The lowest BCUT2D eigenvalue weighted by atomic mass is 10.00. The summed E-state index contributed by atoms with van der Waals surface area (Å²) in [5.41, 5.74) is 3.36. The van der Waals surface area contributed by atoms with Crippen molar-refractivity contribution in [2.75, 3.05) is 13.6 Å². The third-order valence-corrected chi connectivity index (χ3v) is 4.03. The van der Waals surface area contributed by atoms with Crippen molar-refractivity contribution in [3.8, 4) is 0 Å². The number of aromatic nitrogens is 1. The Bertz CT molecular complexity index is 629. The normalized spacial score (nSPS) is 14.4. The fourth-order valence-corrected chi connectivity index (χ4v) is 2.77. The summed E-state index contributed by atoms with van der Waals surface area (Å²) in [5, 5.41) is 10.8. The van der Waals surface area contributed by atoms with Gasteiger partial charge in [-0.2, -0.15) is 0 Å². The highest BCUT2D eigenvalue weighted by molar-refractivity contribution is 5.80. The fourth-order valence-electron chi connectivity index (χ4n) is 2.77. The zero-order valence-electron chi connectivity index (χ0n) is 14.6. The van der Waals surface area contributed by atoms with Crippen molar-refractivity contribution in [2.45, 2.75) is 39.7 Å². The average molecular weight is 314 g/mol. The number of aliphatic imine (C=N–C) groups is 1. The van der Waals surface area contributed by atoms with Crippen LogP contribution in [0.15, 0.2) is 39.8 Å². The lowest BCUT2D eigenvalue weighted by Gasteiger charge is -2.20. The van der Waals surface area contributed by atoms with Gasteiger partial charge in [0.15, 0.2) is 5.96 Å². The monoisotopic (exact) mass is 314 g/mol. The molecular formula is C18H26N4O. The minimum Gasteiger partial charge on any atom is -0.361 e. The molecule has 1 aromatic heterocycles. The van der Waals surface area contributed by atoms with Gasteiger partial charge < -0.3 is 15.2 Å². The fraction of sp³-hybridized carbons (Fsp3) is 0.444. The molecular weight excluding hydrogens is 288 g/mol. The van der Waals surface area contributed by atoms with Gasteiger partial charge in [-0.3, -0.25) is 4.99 Å². The largest absolute Gasteiger partial charge is 0.361 e. The Balaban J connectivity index is 1.93. The SMILES string of the molecule is CN=C(NCC(C)c1c(C)noc1C)NC(C)c1ccccc1. The summed E-state index contributed by atoms with van der Waals surface area (Å²) >= 11 is 0. The second-order valence-electron chi connectivity index (χ2n) is 5.87. The summed E-state index contributed by atoms with van der Waals surface area (Å²) in [4.78, 5) is 4.31. The molecule has 0 saturated carbocycles. The number of benzene rings is 1. The van der Waals surface area contributed by atoms with Crippen molar-refractivity contribution in [1.82, 2.24) is 15.8 Å². The number of hydrogen-bond acceptors (Lipinski definition) is 3. The van der Waals surface area contributed by atoms with Gasteiger partial charge in [0.05, 0.1) is 11.7 Å². The van der Waals surface area contributed by atoms with E-state index in [-0.39, 0.29) is 6.04 Å². The summed E-state index contributed by atoms with van der Waals surface area (Å²) < 4.78 is 5.25. The molecule has 5 nitrogen and oxygen atoms in total. The van der Waals surface area contributed by atoms with E-state index in [1.807, 2.05) is 32.0 Å². The van der Waals surface area contributed by atoms with Crippen LogP contribution in [0.2, 0.25) is 0 Å². The highest BCUT2D eigenvalue weighted by Crippen LogP contribution is 2.22. The van der Waals surface area contributed by atoms with Gasteiger partial charge in [-0.25, -0.2) is 0 Å². The average Bonchev–Trinajstić information content (AvgIpc) is 2.90. The standard InChI is InChI=1S/C18H26N4O/c1-12(17-14(3)22-23-15(17)4)11-20-18(19-5)21-13(2)16-9-7-6-8-10-16/h6-10,12-13H,11H2,1-5H3,(H2,19,20,21). The van der Waals surface area contributed by atoms with Crippen molar-refractivity contribution >= 4 is 5.96 Å². The van der Waals surface area contributed by atoms with E-state index in [0.717, 1.165) is 24.0 Å². The molecule has 0 bridgehead atoms. The van der Waals surface area contributed by atoms with Crippen LogP contribution >= 0.6 is 0 Å². The molecule has 0 radical (unpaired) electrons. The van der Waals surface area contributed by atoms with E-state index in [4.69, 9.17) is 4.52 Å². The van der Waals surface area contributed by atoms with Gasteiger partial charge in [-0.1, -0.05) is 42.4 Å². The molecule has 0 saturated heterocycles. The van der Waals surface area contributed by atoms with Gasteiger partial charge in [-0.15, -0.1) is 0 Å². The minimum absolute atomic E-state index is 0.191. The lowest BCUT2D eigenvalue weighted by molar-refractivity contribution is 0.391. The number of nitrogens with zero attached hydrogens (tertiary/aromatic N) is 2. The Labute approximate surface area is 138 Å². The number of aryl methyl sites for hydroxylation is 2. The van der Waals surface area contributed by atoms with E-state index in [9.17, 15) is 0 Å². The number of rotatable bonds is 5. The summed E-state index contributed by atoms with van der Waals surface area (Å²) in [6.45, 7) is 8.99. The molecule has 2 rings (SSSR count). The molecule has 2 aromatic rings. The van der Waals surface area contributed by atoms with Crippen LogP contribution in [0, 0.1) is 13.8 Å². The van der Waals surface area contributed by atoms with Crippen molar-refractivity contribution < 1.29 is 4.52 Å². The highest BCUT2D eigenvalue weighted by Gasteiger charge is 2.17. The van der Waals surface area contributed by atoms with Crippen LogP contribution in [0.1, 0.15) is 48.4 Å². The quantitative estimate of drug-likeness (QED) is 0.656. The number of guanidine groups is 1. The molecule has 2 N–H and O–H groups in total. The van der Waals surface area contributed by atoms with E-state index in [1.165, 1.54) is 11.1 Å². The van der Waals surface area contributed by atoms with E-state index in [1.54, 1.807) is 7.05 Å². The first-order valence-corrected chi connectivity index (χ1v) is 7.97. The second-order valence-corrected chi connectivity index (χ2v) is 5.87. The Morgan fingerprint density at radius 3 is 2.48 bits per heavy atom. The van der Waals surface area contributed by atoms with Crippen LogP contribution in [0.5, 0.6) is 0 Å². The van der Waals surface area contributed by atoms with Gasteiger partial charge in [0.2, 0.25) is 0 Å². The van der Waals surface area contributed by atoms with Gasteiger partial charge >= 0.3 is 0 Å². The van der Waals surface area contributed by atoms with Gasteiger partial charge in [0.25, 0.3) is 0 Å². The zero-order valence-corrected chi connectivity index (χ0v) is 14.6. The van der Waals surface area contributed by atoms with Gasteiger partial charge in [0, 0.05) is 25.1 Å². The maximum atomic E-state index is 5.25. The Hall–Kier alpha value is -2.30. The summed E-state index contributed by atoms with van der Waals surface area (Å²) in [7, 11) is 1.79. The lowest BCUT2D eigenvalue weighted by Crippen LogP contribution is -2.40. The molecule has 0 amide bonds. The van der Waals surface area contributed by atoms with Crippen LogP contribution < -0.4 is 10.6 Å². The van der Waals surface area contributed by atoms with E-state index >= 15 is 0 Å². The topological polar surface area (TPSA) is 62.5 Å². The van der Waals surface area contributed by atoms with Gasteiger partial charge in [0.1, 0.15) is 5.76 Å². The van der Waals surface area contributed by atoms with E-state index < -0.39 is 0 Å². The molecule has 0 fully saturated rings. The second kappa shape index (κ2) is 7.81. The molecule has 0 spiro atoms. The predicted octanol–water partition coefficient (Wildman–Crippen LogP) is 3.32. The van der Waals surface area contributed by atoms with Crippen molar-refractivity contribution in [1.29, 1.82) is 0 Å². The Morgan fingerprint density at radius 1 is 1.22 bits per heavy atom. The van der Waals surface area contributed by atoms with Crippen molar-refractivity contribution in [3.05, 3.63) is 52.9 Å². The van der Waals surface area contributed by atoms with Crippen LogP contribution in [-0.2, 0) is 0 Å². The molecule has 23 heavy (non-hydrogen) atoms. The summed E-state index contributed by atoms with van der Waals surface area (Å²) in [5.74, 6) is 1.98. The van der Waals surface area contributed by atoms with E-state index in [0.29, 0.717) is 5.92 Å². The number of hydrogen-bond donors (Lipinski definition) is 2. The molecule has 2 unspecified atom stereocenters. The molecule has 1 aromatic carbocycles. The Morgan fingerprint density at radius 2 is 1.91 bits per heavy atom. The molecule has 2 atom stereocenters. The van der Waals surface area contributed by atoms with Crippen molar-refractivity contribution in [3.63, 3.8) is 0 Å². The summed E-state index contributed by atoms with van der Waals surface area (Å²) in [6.07, 6.45) is 0. The molecule has 5 heteroatoms. The highest BCUT2D eigenvalue weighted by atomic mass is 16.5. The number of nitrogens with one attached hydrogen (secondary N) is 2. The smallest absolute Gasteiger partial charge is 0.191 e. The van der Waals surface area contributed by atoms with Crippen molar-refractivity contribution in [2.24, 2.45) is 4.99 Å². The van der Waals surface area contributed by atoms with Crippen LogP contribution in [0.4, 0.5) is 0 Å². The predicted molar refractivity (Wildman–Crippen MR) is 93.7 cm³/mol.